The average molecular weight is 230 g/mol. The van der Waals surface area contributed by atoms with Gasteiger partial charge < -0.3 is 9.15 Å². The largest absolute Gasteiger partial charge is 0.462 e. The van der Waals surface area contributed by atoms with Crippen molar-refractivity contribution in [1.29, 1.82) is 0 Å². The van der Waals surface area contributed by atoms with Crippen LogP contribution in [0.15, 0.2) is 46.9 Å². The molecule has 0 fully saturated rings. The highest BCUT2D eigenvalue weighted by Crippen LogP contribution is 2.13. The van der Waals surface area contributed by atoms with E-state index in [2.05, 4.69) is 0 Å². The quantitative estimate of drug-likeness (QED) is 0.758. The van der Waals surface area contributed by atoms with Crippen LogP contribution in [-0.4, -0.2) is 5.97 Å². The highest BCUT2D eigenvalue weighted by atomic mass is 16.5. The summed E-state index contributed by atoms with van der Waals surface area (Å²) in [5.41, 5.74) is 1.20. The molecule has 0 N–H and O–H groups in total. The van der Waals surface area contributed by atoms with E-state index in [-0.39, 0.29) is 12.6 Å². The highest BCUT2D eigenvalue weighted by molar-refractivity contribution is 5.65. The Morgan fingerprint density at radius 1 is 1.12 bits per heavy atom. The number of carbonyl (C=O) groups excluding carboxylic acids is 1. The van der Waals surface area contributed by atoms with Crippen LogP contribution in [0.5, 0.6) is 0 Å². The Hall–Kier alpha value is -2.03. The van der Waals surface area contributed by atoms with E-state index in [1.165, 1.54) is 12.5 Å². The number of furan rings is 1. The summed E-state index contributed by atoms with van der Waals surface area (Å²) in [7, 11) is 0. The lowest BCUT2D eigenvalue weighted by Crippen LogP contribution is -1.97. The molecule has 3 nitrogen and oxygen atoms in total. The molecule has 0 atom stereocenters. The van der Waals surface area contributed by atoms with E-state index in [1.807, 2.05) is 42.5 Å². The van der Waals surface area contributed by atoms with Crippen LogP contribution in [0, 0.1) is 0 Å². The zero-order valence-electron chi connectivity index (χ0n) is 9.68. The second kappa shape index (κ2) is 5.34. The van der Waals surface area contributed by atoms with E-state index in [0.29, 0.717) is 5.76 Å². The lowest BCUT2D eigenvalue weighted by Gasteiger charge is -1.99. The van der Waals surface area contributed by atoms with Crippen LogP contribution in [0.4, 0.5) is 0 Å². The molecule has 0 bridgehead atoms. The van der Waals surface area contributed by atoms with Crippen LogP contribution in [0.1, 0.15) is 24.0 Å². The molecule has 0 aliphatic rings. The summed E-state index contributed by atoms with van der Waals surface area (Å²) in [4.78, 5) is 10.7. The molecular formula is C14H14O3. The Balaban J connectivity index is 1.97. The lowest BCUT2D eigenvalue weighted by atomic mass is 10.1. The van der Waals surface area contributed by atoms with Gasteiger partial charge >= 0.3 is 5.97 Å². The van der Waals surface area contributed by atoms with Gasteiger partial charge in [0.25, 0.3) is 0 Å². The Morgan fingerprint density at radius 3 is 2.53 bits per heavy atom. The van der Waals surface area contributed by atoms with Gasteiger partial charge in [-0.25, -0.2) is 0 Å². The summed E-state index contributed by atoms with van der Waals surface area (Å²) in [6.07, 6.45) is 0.751. The van der Waals surface area contributed by atoms with Gasteiger partial charge in [-0.3, -0.25) is 4.79 Å². The fourth-order valence-corrected chi connectivity index (χ4v) is 1.56. The van der Waals surface area contributed by atoms with Crippen molar-refractivity contribution in [2.45, 2.75) is 20.0 Å². The van der Waals surface area contributed by atoms with E-state index < -0.39 is 0 Å². The molecule has 1 aromatic heterocycles. The molecule has 1 aromatic carbocycles. The van der Waals surface area contributed by atoms with Crippen LogP contribution in [0.3, 0.4) is 0 Å². The van der Waals surface area contributed by atoms with Crippen LogP contribution in [0.25, 0.3) is 0 Å². The summed E-state index contributed by atoms with van der Waals surface area (Å²) in [6.45, 7) is 1.58. The van der Waals surface area contributed by atoms with Gasteiger partial charge in [0.2, 0.25) is 0 Å². The van der Waals surface area contributed by atoms with Crippen molar-refractivity contribution in [3.8, 4) is 0 Å². The Labute approximate surface area is 100 Å². The van der Waals surface area contributed by atoms with Gasteiger partial charge in [0.05, 0.1) is 0 Å². The predicted molar refractivity (Wildman–Crippen MR) is 63.4 cm³/mol. The molecule has 0 unspecified atom stereocenters. The smallest absolute Gasteiger partial charge is 0.303 e. The van der Waals surface area contributed by atoms with E-state index in [0.717, 1.165) is 12.2 Å². The summed E-state index contributed by atoms with van der Waals surface area (Å²) in [5.74, 6) is 1.25. The van der Waals surface area contributed by atoms with Crippen LogP contribution in [-0.2, 0) is 22.6 Å². The maximum Gasteiger partial charge on any atom is 0.303 e. The standard InChI is InChI=1S/C14H14O3/c1-11(15)16-10-14-8-7-13(17-14)9-12-5-3-2-4-6-12/h2-8H,9-10H2,1H3. The first-order valence-electron chi connectivity index (χ1n) is 5.49. The van der Waals surface area contributed by atoms with Crippen molar-refractivity contribution in [2.24, 2.45) is 0 Å². The normalized spacial score (nSPS) is 10.2. The van der Waals surface area contributed by atoms with E-state index >= 15 is 0 Å². The number of esters is 1. The molecule has 17 heavy (non-hydrogen) atoms. The number of ether oxygens (including phenoxy) is 1. The molecule has 2 rings (SSSR count). The molecule has 0 aliphatic heterocycles. The average Bonchev–Trinajstić information content (AvgIpc) is 2.75. The highest BCUT2D eigenvalue weighted by Gasteiger charge is 2.04. The molecule has 0 aliphatic carbocycles. The molecule has 1 heterocycles. The van der Waals surface area contributed by atoms with Gasteiger partial charge in [0, 0.05) is 13.3 Å². The molecule has 0 amide bonds. The SMILES string of the molecule is CC(=O)OCc1ccc(Cc2ccccc2)o1. The van der Waals surface area contributed by atoms with Crippen molar-refractivity contribution in [3.63, 3.8) is 0 Å². The number of hydrogen-bond donors (Lipinski definition) is 0. The summed E-state index contributed by atoms with van der Waals surface area (Å²) in [6, 6.07) is 13.8. The monoisotopic (exact) mass is 230 g/mol. The number of rotatable bonds is 4. The third-order valence-electron chi connectivity index (χ3n) is 2.36. The number of hydrogen-bond acceptors (Lipinski definition) is 3. The Kier molecular flexibility index (Phi) is 3.60. The van der Waals surface area contributed by atoms with Crippen molar-refractivity contribution in [1.82, 2.24) is 0 Å². The van der Waals surface area contributed by atoms with E-state index in [9.17, 15) is 4.79 Å². The molecule has 2 aromatic rings. The number of carbonyl (C=O) groups is 1. The van der Waals surface area contributed by atoms with Gasteiger partial charge in [-0.2, -0.15) is 0 Å². The molecular weight excluding hydrogens is 216 g/mol. The van der Waals surface area contributed by atoms with Crippen LogP contribution < -0.4 is 0 Å². The molecule has 0 radical (unpaired) electrons. The van der Waals surface area contributed by atoms with E-state index in [1.54, 1.807) is 0 Å². The topological polar surface area (TPSA) is 39.4 Å². The van der Waals surface area contributed by atoms with Crippen molar-refractivity contribution in [2.75, 3.05) is 0 Å². The zero-order valence-corrected chi connectivity index (χ0v) is 9.68. The second-order valence-corrected chi connectivity index (χ2v) is 3.81. The maximum atomic E-state index is 10.7. The van der Waals surface area contributed by atoms with Crippen molar-refractivity contribution < 1.29 is 13.9 Å². The van der Waals surface area contributed by atoms with Crippen molar-refractivity contribution in [3.05, 3.63) is 59.5 Å². The van der Waals surface area contributed by atoms with Gasteiger partial charge in [-0.1, -0.05) is 30.3 Å². The van der Waals surface area contributed by atoms with Crippen LogP contribution in [0.2, 0.25) is 0 Å². The van der Waals surface area contributed by atoms with Crippen LogP contribution >= 0.6 is 0 Å². The minimum absolute atomic E-state index is 0.199. The van der Waals surface area contributed by atoms with Gasteiger partial charge in [0.15, 0.2) is 0 Å². The van der Waals surface area contributed by atoms with Crippen molar-refractivity contribution >= 4 is 5.97 Å². The van der Waals surface area contributed by atoms with Gasteiger partial charge in [-0.15, -0.1) is 0 Å². The predicted octanol–water partition coefficient (Wildman–Crippen LogP) is 2.93. The number of benzene rings is 1. The Bertz CT molecular complexity index is 485. The first-order valence-corrected chi connectivity index (χ1v) is 5.49. The zero-order chi connectivity index (χ0) is 12.1. The Morgan fingerprint density at radius 2 is 1.82 bits per heavy atom. The summed E-state index contributed by atoms with van der Waals surface area (Å²) < 4.78 is 10.4. The third kappa shape index (κ3) is 3.48. The first kappa shape index (κ1) is 11.5. The fraction of sp³-hybridized carbons (Fsp3) is 0.214. The minimum Gasteiger partial charge on any atom is -0.462 e. The summed E-state index contributed by atoms with van der Waals surface area (Å²) >= 11 is 0. The summed E-state index contributed by atoms with van der Waals surface area (Å²) in [5, 5.41) is 0. The minimum atomic E-state index is -0.300. The third-order valence-corrected chi connectivity index (χ3v) is 2.36. The first-order chi connectivity index (χ1) is 8.24. The molecule has 0 spiro atoms. The molecule has 0 saturated carbocycles. The molecule has 0 saturated heterocycles. The lowest BCUT2D eigenvalue weighted by molar-refractivity contribution is -0.142. The van der Waals surface area contributed by atoms with Gasteiger partial charge in [0.1, 0.15) is 18.1 Å². The second-order valence-electron chi connectivity index (χ2n) is 3.81. The maximum absolute atomic E-state index is 10.7. The van der Waals surface area contributed by atoms with E-state index in [4.69, 9.17) is 9.15 Å². The molecule has 88 valence electrons. The van der Waals surface area contributed by atoms with Gasteiger partial charge in [-0.05, 0) is 17.7 Å². The fourth-order valence-electron chi connectivity index (χ4n) is 1.56. The molecule has 3 heteroatoms.